The Morgan fingerprint density at radius 1 is 1.32 bits per heavy atom. The number of hydrogen-bond acceptors (Lipinski definition) is 2. The van der Waals surface area contributed by atoms with Crippen molar-refractivity contribution in [3.8, 4) is 5.69 Å². The molecule has 0 atom stereocenters. The first-order chi connectivity index (χ1) is 8.93. The average molecular weight is 260 g/mol. The molecule has 100 valence electrons. The highest BCUT2D eigenvalue weighted by Crippen LogP contribution is 2.17. The van der Waals surface area contributed by atoms with Crippen LogP contribution >= 0.6 is 0 Å². The van der Waals surface area contributed by atoms with Crippen LogP contribution in [0.2, 0.25) is 0 Å². The molecule has 1 heterocycles. The normalized spacial score (nSPS) is 10.9. The van der Waals surface area contributed by atoms with Crippen LogP contribution in [-0.2, 0) is 0 Å². The Balaban J connectivity index is 2.74. The lowest BCUT2D eigenvalue weighted by Crippen LogP contribution is -2.20. The minimum atomic E-state index is -1.20. The molecule has 2 N–H and O–H groups in total. The predicted octanol–water partition coefficient (Wildman–Crippen LogP) is 2.30. The molecule has 0 saturated carbocycles. The van der Waals surface area contributed by atoms with Crippen molar-refractivity contribution in [2.24, 2.45) is 0 Å². The highest BCUT2D eigenvalue weighted by molar-refractivity contribution is 5.88. The summed E-state index contributed by atoms with van der Waals surface area (Å²) in [5.41, 5.74) is 1.31. The van der Waals surface area contributed by atoms with Gasteiger partial charge in [-0.15, -0.1) is 0 Å². The number of H-pyrrole nitrogens is 1. The van der Waals surface area contributed by atoms with Gasteiger partial charge in [0.05, 0.1) is 11.4 Å². The first kappa shape index (κ1) is 13.1. The molecule has 5 heteroatoms. The summed E-state index contributed by atoms with van der Waals surface area (Å²) in [5.74, 6) is -1.26. The third-order valence-corrected chi connectivity index (χ3v) is 3.07. The maximum atomic E-state index is 12.2. The van der Waals surface area contributed by atoms with E-state index in [1.54, 1.807) is 6.07 Å². The quantitative estimate of drug-likeness (QED) is 0.889. The van der Waals surface area contributed by atoms with Crippen LogP contribution in [0.3, 0.4) is 0 Å². The molecule has 0 unspecified atom stereocenters. The van der Waals surface area contributed by atoms with E-state index in [2.05, 4.69) is 5.10 Å². The zero-order valence-corrected chi connectivity index (χ0v) is 11.1. The number of hydrogen-bond donors (Lipinski definition) is 2. The van der Waals surface area contributed by atoms with Crippen LogP contribution in [0.25, 0.3) is 5.69 Å². The summed E-state index contributed by atoms with van der Waals surface area (Å²) in [6.45, 7) is 5.57. The predicted molar refractivity (Wildman–Crippen MR) is 72.2 cm³/mol. The van der Waals surface area contributed by atoms with Gasteiger partial charge < -0.3 is 5.11 Å². The maximum absolute atomic E-state index is 12.2. The Kier molecular flexibility index (Phi) is 3.29. The van der Waals surface area contributed by atoms with E-state index in [0.717, 1.165) is 5.56 Å². The van der Waals surface area contributed by atoms with Crippen molar-refractivity contribution in [2.45, 2.75) is 26.7 Å². The molecule has 1 aromatic carbocycles. The first-order valence-corrected chi connectivity index (χ1v) is 6.07. The number of para-hydroxylation sites is 1. The molecule has 5 nitrogen and oxygen atoms in total. The van der Waals surface area contributed by atoms with E-state index in [1.807, 2.05) is 39.0 Å². The zero-order chi connectivity index (χ0) is 14.2. The second-order valence-electron chi connectivity index (χ2n) is 4.79. The van der Waals surface area contributed by atoms with E-state index in [-0.39, 0.29) is 11.5 Å². The number of rotatable bonds is 3. The maximum Gasteiger partial charge on any atom is 0.343 e. The van der Waals surface area contributed by atoms with Crippen molar-refractivity contribution >= 4 is 5.97 Å². The smallest absolute Gasteiger partial charge is 0.343 e. The topological polar surface area (TPSA) is 75.1 Å². The molecule has 0 aliphatic carbocycles. The van der Waals surface area contributed by atoms with Crippen molar-refractivity contribution < 1.29 is 9.90 Å². The van der Waals surface area contributed by atoms with Gasteiger partial charge in [-0.05, 0) is 24.5 Å². The van der Waals surface area contributed by atoms with E-state index in [4.69, 9.17) is 0 Å². The highest BCUT2D eigenvalue weighted by atomic mass is 16.4. The summed E-state index contributed by atoms with van der Waals surface area (Å²) >= 11 is 0. The minimum Gasteiger partial charge on any atom is -0.477 e. The second-order valence-corrected chi connectivity index (χ2v) is 4.79. The molecule has 2 aromatic rings. The number of nitrogens with zero attached hydrogens (tertiary/aromatic N) is 1. The fraction of sp³-hybridized carbons (Fsp3) is 0.286. The van der Waals surface area contributed by atoms with Crippen molar-refractivity contribution in [1.29, 1.82) is 0 Å². The third kappa shape index (κ3) is 2.19. The fourth-order valence-corrected chi connectivity index (χ4v) is 2.06. The number of aromatic nitrogens is 2. The van der Waals surface area contributed by atoms with Gasteiger partial charge in [0, 0.05) is 0 Å². The summed E-state index contributed by atoms with van der Waals surface area (Å²) in [6, 6.07) is 7.33. The van der Waals surface area contributed by atoms with Crippen molar-refractivity contribution in [3.63, 3.8) is 0 Å². The molecule has 2 rings (SSSR count). The van der Waals surface area contributed by atoms with E-state index in [0.29, 0.717) is 11.4 Å². The Morgan fingerprint density at radius 2 is 1.95 bits per heavy atom. The largest absolute Gasteiger partial charge is 0.477 e. The average Bonchev–Trinajstić information content (AvgIpc) is 2.68. The number of carbonyl (C=O) groups is 1. The van der Waals surface area contributed by atoms with Crippen molar-refractivity contribution in [3.05, 3.63) is 51.4 Å². The monoisotopic (exact) mass is 260 g/mol. The fourth-order valence-electron chi connectivity index (χ4n) is 2.06. The standard InChI is InChI=1S/C14H16N2O3/c1-8(2)12-11(14(18)19)13(17)16(15-12)10-7-5-4-6-9(10)3/h4-8,15H,1-3H3,(H,18,19). The summed E-state index contributed by atoms with van der Waals surface area (Å²) in [6.07, 6.45) is 0. The van der Waals surface area contributed by atoms with Crippen LogP contribution in [0.15, 0.2) is 29.1 Å². The van der Waals surface area contributed by atoms with E-state index < -0.39 is 11.5 Å². The minimum absolute atomic E-state index is 0.0657. The Bertz CT molecular complexity index is 680. The number of carboxylic acids is 1. The lowest BCUT2D eigenvalue weighted by atomic mass is 10.1. The molecule has 0 amide bonds. The van der Waals surface area contributed by atoms with Crippen molar-refractivity contribution in [2.75, 3.05) is 0 Å². The number of aryl methyl sites for hydroxylation is 1. The molecular weight excluding hydrogens is 244 g/mol. The van der Waals surface area contributed by atoms with Gasteiger partial charge in [-0.2, -0.15) is 0 Å². The Morgan fingerprint density at radius 3 is 2.42 bits per heavy atom. The SMILES string of the molecule is Cc1ccccc1-n1[nH]c(C(C)C)c(C(=O)O)c1=O. The van der Waals surface area contributed by atoms with E-state index >= 15 is 0 Å². The molecule has 19 heavy (non-hydrogen) atoms. The first-order valence-electron chi connectivity index (χ1n) is 6.07. The molecule has 0 aliphatic heterocycles. The van der Waals surface area contributed by atoms with Crippen molar-refractivity contribution in [1.82, 2.24) is 9.78 Å². The van der Waals surface area contributed by atoms with E-state index in [9.17, 15) is 14.7 Å². The number of benzene rings is 1. The van der Waals surface area contributed by atoms with Crippen LogP contribution in [-0.4, -0.2) is 20.9 Å². The van der Waals surface area contributed by atoms with Gasteiger partial charge in [0.25, 0.3) is 5.56 Å². The third-order valence-electron chi connectivity index (χ3n) is 3.07. The lowest BCUT2D eigenvalue weighted by molar-refractivity contribution is 0.0694. The highest BCUT2D eigenvalue weighted by Gasteiger charge is 2.23. The summed E-state index contributed by atoms with van der Waals surface area (Å²) in [4.78, 5) is 23.5. The molecule has 1 aromatic heterocycles. The van der Waals surface area contributed by atoms with Crippen LogP contribution < -0.4 is 5.56 Å². The molecule has 0 saturated heterocycles. The summed E-state index contributed by atoms with van der Waals surface area (Å²) in [5, 5.41) is 12.1. The molecule has 0 aliphatic rings. The number of nitrogens with one attached hydrogen (secondary N) is 1. The van der Waals surface area contributed by atoms with Gasteiger partial charge in [0.2, 0.25) is 0 Å². The zero-order valence-electron chi connectivity index (χ0n) is 11.1. The Labute approximate surface area is 110 Å². The second kappa shape index (κ2) is 4.76. The van der Waals surface area contributed by atoms with Crippen LogP contribution in [0.4, 0.5) is 0 Å². The molecule has 0 fully saturated rings. The van der Waals surface area contributed by atoms with Gasteiger partial charge >= 0.3 is 5.97 Å². The number of aromatic amines is 1. The molecule has 0 spiro atoms. The van der Waals surface area contributed by atoms with Crippen LogP contribution in [0, 0.1) is 6.92 Å². The van der Waals surface area contributed by atoms with Gasteiger partial charge in [-0.25, -0.2) is 9.48 Å². The molecule has 0 radical (unpaired) electrons. The summed E-state index contributed by atoms with van der Waals surface area (Å²) in [7, 11) is 0. The summed E-state index contributed by atoms with van der Waals surface area (Å²) < 4.78 is 1.30. The lowest BCUT2D eigenvalue weighted by Gasteiger charge is -2.06. The number of carboxylic acid groups (broad SMARTS) is 1. The van der Waals surface area contributed by atoms with Crippen LogP contribution in [0.1, 0.15) is 41.4 Å². The molecule has 0 bridgehead atoms. The van der Waals surface area contributed by atoms with E-state index in [1.165, 1.54) is 4.68 Å². The Hall–Kier alpha value is -2.30. The van der Waals surface area contributed by atoms with Gasteiger partial charge in [-0.3, -0.25) is 9.89 Å². The number of aromatic carboxylic acids is 1. The van der Waals surface area contributed by atoms with Gasteiger partial charge in [0.1, 0.15) is 5.56 Å². The molecular formula is C14H16N2O3. The van der Waals surface area contributed by atoms with Gasteiger partial charge in [-0.1, -0.05) is 32.0 Å². The van der Waals surface area contributed by atoms with Gasteiger partial charge in [0.15, 0.2) is 0 Å². The van der Waals surface area contributed by atoms with Crippen LogP contribution in [0.5, 0.6) is 0 Å².